The molecule has 0 saturated carbocycles. The second-order valence-electron chi connectivity index (χ2n) is 8.31. The topological polar surface area (TPSA) is 59.1 Å². The van der Waals surface area contributed by atoms with Crippen LogP contribution in [0.5, 0.6) is 0 Å². The first-order chi connectivity index (χ1) is 10.9. The van der Waals surface area contributed by atoms with Crippen LogP contribution in [0.4, 0.5) is 9.59 Å². The summed E-state index contributed by atoms with van der Waals surface area (Å²) < 4.78 is 9.93. The average Bonchev–Trinajstić information content (AvgIpc) is 3.01. The standard InChI is InChI=1S/C18H28N2O4/c1-17(2,3)11-9-19(15(21)23-7)14-12(18(4,5)6)10-20(13(11)14)16(22)24-8/h9-10,13-14H,1-8H3. The number of methoxy groups -OCH3 is 2. The maximum Gasteiger partial charge on any atom is 0.414 e. The Morgan fingerprint density at radius 2 is 1.08 bits per heavy atom. The molecule has 0 aromatic carbocycles. The molecule has 6 nitrogen and oxygen atoms in total. The van der Waals surface area contributed by atoms with Gasteiger partial charge in [0.1, 0.15) is 0 Å². The molecule has 0 aliphatic carbocycles. The summed E-state index contributed by atoms with van der Waals surface area (Å²) in [6, 6.07) is -0.545. The molecule has 134 valence electrons. The molecule has 0 aromatic heterocycles. The van der Waals surface area contributed by atoms with Crippen molar-refractivity contribution in [2.75, 3.05) is 14.2 Å². The third kappa shape index (κ3) is 2.89. The van der Waals surface area contributed by atoms with Gasteiger partial charge in [-0.3, -0.25) is 9.80 Å². The van der Waals surface area contributed by atoms with Gasteiger partial charge in [0.05, 0.1) is 26.3 Å². The van der Waals surface area contributed by atoms with Gasteiger partial charge >= 0.3 is 12.2 Å². The van der Waals surface area contributed by atoms with E-state index in [4.69, 9.17) is 9.47 Å². The summed E-state index contributed by atoms with van der Waals surface area (Å²) in [5, 5.41) is 0. The molecule has 0 bridgehead atoms. The number of carbonyl (C=O) groups is 2. The molecular weight excluding hydrogens is 308 g/mol. The zero-order chi connectivity index (χ0) is 18.4. The number of rotatable bonds is 0. The molecule has 0 N–H and O–H groups in total. The van der Waals surface area contributed by atoms with E-state index >= 15 is 0 Å². The van der Waals surface area contributed by atoms with Gasteiger partial charge in [0, 0.05) is 12.4 Å². The molecular formula is C18H28N2O4. The summed E-state index contributed by atoms with van der Waals surface area (Å²) in [6.45, 7) is 12.4. The molecule has 2 aliphatic heterocycles. The van der Waals surface area contributed by atoms with E-state index in [-0.39, 0.29) is 22.9 Å². The van der Waals surface area contributed by atoms with E-state index in [1.807, 2.05) is 12.4 Å². The lowest BCUT2D eigenvalue weighted by Gasteiger charge is -2.34. The van der Waals surface area contributed by atoms with Crippen molar-refractivity contribution in [1.82, 2.24) is 9.80 Å². The minimum atomic E-state index is -0.425. The summed E-state index contributed by atoms with van der Waals surface area (Å²) >= 11 is 0. The quantitative estimate of drug-likeness (QED) is 0.676. The number of amides is 2. The molecule has 2 unspecified atom stereocenters. The van der Waals surface area contributed by atoms with Crippen molar-refractivity contribution >= 4 is 12.2 Å². The number of fused-ring (bicyclic) bond motifs is 1. The van der Waals surface area contributed by atoms with E-state index in [9.17, 15) is 9.59 Å². The zero-order valence-electron chi connectivity index (χ0n) is 15.8. The van der Waals surface area contributed by atoms with Crippen molar-refractivity contribution < 1.29 is 19.1 Å². The fourth-order valence-electron chi connectivity index (χ4n) is 3.38. The van der Waals surface area contributed by atoms with E-state index < -0.39 is 12.2 Å². The van der Waals surface area contributed by atoms with Crippen LogP contribution in [0.1, 0.15) is 41.5 Å². The van der Waals surface area contributed by atoms with Gasteiger partial charge in [-0.25, -0.2) is 9.59 Å². The maximum absolute atomic E-state index is 12.3. The number of nitrogens with zero attached hydrogens (tertiary/aromatic N) is 2. The van der Waals surface area contributed by atoms with Crippen molar-refractivity contribution in [3.8, 4) is 0 Å². The average molecular weight is 336 g/mol. The zero-order valence-corrected chi connectivity index (χ0v) is 15.8. The molecule has 2 atom stereocenters. The second kappa shape index (κ2) is 5.83. The molecule has 6 heteroatoms. The van der Waals surface area contributed by atoms with Crippen LogP contribution in [0.15, 0.2) is 23.5 Å². The van der Waals surface area contributed by atoms with Gasteiger partial charge in [0.2, 0.25) is 0 Å². The molecule has 24 heavy (non-hydrogen) atoms. The van der Waals surface area contributed by atoms with Crippen LogP contribution < -0.4 is 0 Å². The van der Waals surface area contributed by atoms with Crippen LogP contribution >= 0.6 is 0 Å². The lowest BCUT2D eigenvalue weighted by molar-refractivity contribution is 0.113. The van der Waals surface area contributed by atoms with Crippen molar-refractivity contribution in [2.24, 2.45) is 10.8 Å². The molecule has 0 aromatic rings. The molecule has 2 aliphatic rings. The van der Waals surface area contributed by atoms with Gasteiger partial charge in [-0.05, 0) is 22.0 Å². The van der Waals surface area contributed by atoms with Gasteiger partial charge in [-0.15, -0.1) is 0 Å². The smallest absolute Gasteiger partial charge is 0.414 e. The minimum Gasteiger partial charge on any atom is -0.452 e. The van der Waals surface area contributed by atoms with Crippen LogP contribution in [-0.2, 0) is 9.47 Å². The fourth-order valence-corrected chi connectivity index (χ4v) is 3.38. The van der Waals surface area contributed by atoms with Crippen molar-refractivity contribution in [3.05, 3.63) is 23.5 Å². The van der Waals surface area contributed by atoms with Gasteiger partial charge in [0.25, 0.3) is 0 Å². The molecule has 0 saturated heterocycles. The SMILES string of the molecule is COC(=O)N1C=C(C(C)(C)C)C2C1C(C(C)(C)C)=CN2C(=O)OC. The Morgan fingerprint density at radius 3 is 1.29 bits per heavy atom. The Bertz CT molecular complexity index is 553. The Balaban J connectivity index is 2.60. The van der Waals surface area contributed by atoms with E-state index in [0.717, 1.165) is 11.1 Å². The van der Waals surface area contributed by atoms with Crippen LogP contribution in [0, 0.1) is 10.8 Å². The van der Waals surface area contributed by atoms with Crippen molar-refractivity contribution in [2.45, 2.75) is 53.6 Å². The van der Waals surface area contributed by atoms with E-state index in [2.05, 4.69) is 41.5 Å². The van der Waals surface area contributed by atoms with Gasteiger partial charge in [-0.2, -0.15) is 0 Å². The minimum absolute atomic E-state index is 0.209. The molecule has 0 spiro atoms. The summed E-state index contributed by atoms with van der Waals surface area (Å²) in [7, 11) is 2.74. The predicted octanol–water partition coefficient (Wildman–Crippen LogP) is 3.75. The first-order valence-corrected chi connectivity index (χ1v) is 8.10. The second-order valence-corrected chi connectivity index (χ2v) is 8.31. The molecule has 0 fully saturated rings. The monoisotopic (exact) mass is 336 g/mol. The molecule has 2 amide bonds. The third-order valence-corrected chi connectivity index (χ3v) is 4.60. The Kier molecular flexibility index (Phi) is 4.46. The molecule has 0 radical (unpaired) electrons. The first-order valence-electron chi connectivity index (χ1n) is 8.10. The Hall–Kier alpha value is -1.98. The largest absolute Gasteiger partial charge is 0.452 e. The van der Waals surface area contributed by atoms with E-state index in [1.165, 1.54) is 14.2 Å². The Labute approximate surface area is 144 Å². The number of ether oxygens (including phenoxy) is 2. The van der Waals surface area contributed by atoms with Crippen LogP contribution in [0.25, 0.3) is 0 Å². The summed E-state index contributed by atoms with van der Waals surface area (Å²) in [6.07, 6.45) is 2.81. The van der Waals surface area contributed by atoms with Crippen molar-refractivity contribution in [1.29, 1.82) is 0 Å². The highest BCUT2D eigenvalue weighted by Crippen LogP contribution is 2.48. The Morgan fingerprint density at radius 1 is 0.792 bits per heavy atom. The number of carbonyl (C=O) groups excluding carboxylic acids is 2. The van der Waals surface area contributed by atoms with Gasteiger partial charge < -0.3 is 9.47 Å². The highest BCUT2D eigenvalue weighted by atomic mass is 16.5. The molecule has 2 rings (SSSR count). The maximum atomic E-state index is 12.3. The molecule has 2 heterocycles. The highest BCUT2D eigenvalue weighted by Gasteiger charge is 2.53. The predicted molar refractivity (Wildman–Crippen MR) is 91.1 cm³/mol. The summed E-state index contributed by atoms with van der Waals surface area (Å²) in [5.41, 5.74) is 1.58. The lowest BCUT2D eigenvalue weighted by Crippen LogP contribution is -2.47. The third-order valence-electron chi connectivity index (χ3n) is 4.60. The van der Waals surface area contributed by atoms with Crippen LogP contribution in [-0.4, -0.2) is 48.3 Å². The van der Waals surface area contributed by atoms with E-state index in [0.29, 0.717) is 0 Å². The lowest BCUT2D eigenvalue weighted by atomic mass is 9.77. The van der Waals surface area contributed by atoms with Crippen LogP contribution in [0.3, 0.4) is 0 Å². The van der Waals surface area contributed by atoms with Gasteiger partial charge in [0.15, 0.2) is 0 Å². The highest BCUT2D eigenvalue weighted by molar-refractivity contribution is 5.76. The first kappa shape index (κ1) is 18.4. The summed E-state index contributed by atoms with van der Waals surface area (Å²) in [5.74, 6) is 0. The van der Waals surface area contributed by atoms with E-state index in [1.54, 1.807) is 9.80 Å². The number of hydrogen-bond acceptors (Lipinski definition) is 4. The normalized spacial score (nSPS) is 23.7. The van der Waals surface area contributed by atoms with Crippen molar-refractivity contribution in [3.63, 3.8) is 0 Å². The fraction of sp³-hybridized carbons (Fsp3) is 0.667. The number of hydrogen-bond donors (Lipinski definition) is 0. The summed E-state index contributed by atoms with van der Waals surface area (Å²) in [4.78, 5) is 27.9. The van der Waals surface area contributed by atoms with Gasteiger partial charge in [-0.1, -0.05) is 41.5 Å². The van der Waals surface area contributed by atoms with Crippen LogP contribution in [0.2, 0.25) is 0 Å².